The molecule has 0 saturated heterocycles. The second kappa shape index (κ2) is 8.03. The van der Waals surface area contributed by atoms with Crippen LogP contribution >= 0.6 is 0 Å². The average Bonchev–Trinajstić information content (AvgIpc) is 2.94. The van der Waals surface area contributed by atoms with E-state index in [1.807, 2.05) is 13.0 Å². The largest absolute Gasteiger partial charge is 0.464 e. The van der Waals surface area contributed by atoms with E-state index in [9.17, 15) is 14.4 Å². The van der Waals surface area contributed by atoms with Gasteiger partial charge in [0.15, 0.2) is 0 Å². The summed E-state index contributed by atoms with van der Waals surface area (Å²) in [5, 5.41) is 5.73. The molecule has 1 aromatic heterocycles. The number of amides is 3. The Kier molecular flexibility index (Phi) is 6.02. The second-order valence-corrected chi connectivity index (χ2v) is 7.15. The predicted octanol–water partition coefficient (Wildman–Crippen LogP) is 3.94. The van der Waals surface area contributed by atoms with Gasteiger partial charge in [-0.05, 0) is 45.2 Å². The third-order valence-electron chi connectivity index (χ3n) is 3.81. The molecule has 0 fully saturated rings. The van der Waals surface area contributed by atoms with E-state index in [2.05, 4.69) is 10.6 Å². The van der Waals surface area contributed by atoms with Crippen LogP contribution in [0.2, 0.25) is 0 Å². The molecule has 2 aromatic rings. The van der Waals surface area contributed by atoms with Gasteiger partial charge in [0.2, 0.25) is 12.3 Å². The highest BCUT2D eigenvalue weighted by atomic mass is 16.6. The van der Waals surface area contributed by atoms with Crippen LogP contribution in [0.4, 0.5) is 10.5 Å². The van der Waals surface area contributed by atoms with Crippen LogP contribution in [0.3, 0.4) is 0 Å². The van der Waals surface area contributed by atoms with E-state index in [1.54, 1.807) is 39.2 Å². The number of hydrogen-bond acceptors (Lipinski definition) is 5. The first kappa shape index (κ1) is 19.5. The van der Waals surface area contributed by atoms with Crippen LogP contribution in [0.1, 0.15) is 52.0 Å². The Morgan fingerprint density at radius 2 is 2.04 bits per heavy atom. The molecule has 0 saturated carbocycles. The van der Waals surface area contributed by atoms with E-state index in [0.29, 0.717) is 24.1 Å². The number of furan rings is 1. The number of carbonyl (C=O) groups excluding carboxylic acids is 3. The van der Waals surface area contributed by atoms with Gasteiger partial charge in [0.25, 0.3) is 0 Å². The van der Waals surface area contributed by atoms with Gasteiger partial charge >= 0.3 is 6.09 Å². The van der Waals surface area contributed by atoms with Gasteiger partial charge in [0.1, 0.15) is 11.2 Å². The molecule has 7 heteroatoms. The van der Waals surface area contributed by atoms with Crippen LogP contribution in [-0.4, -0.2) is 24.0 Å². The smallest absolute Gasteiger partial charge is 0.412 e. The minimum absolute atomic E-state index is 0.0818. The van der Waals surface area contributed by atoms with E-state index in [1.165, 1.54) is 0 Å². The number of carbonyl (C=O) groups is 3. The van der Waals surface area contributed by atoms with Crippen LogP contribution in [0.5, 0.6) is 0 Å². The molecule has 140 valence electrons. The predicted molar refractivity (Wildman–Crippen MR) is 97.9 cm³/mol. The van der Waals surface area contributed by atoms with Crippen molar-refractivity contribution in [3.8, 4) is 0 Å². The molecule has 1 atom stereocenters. The van der Waals surface area contributed by atoms with Crippen molar-refractivity contribution in [1.29, 1.82) is 0 Å². The molecule has 1 aromatic carbocycles. The second-order valence-electron chi connectivity index (χ2n) is 7.15. The average molecular weight is 360 g/mol. The van der Waals surface area contributed by atoms with Crippen LogP contribution in [0.25, 0.3) is 11.0 Å². The summed E-state index contributed by atoms with van der Waals surface area (Å²) in [6.07, 6.45) is 2.36. The summed E-state index contributed by atoms with van der Waals surface area (Å²) >= 11 is 0. The van der Waals surface area contributed by atoms with Crippen molar-refractivity contribution in [3.63, 3.8) is 0 Å². The minimum Gasteiger partial charge on any atom is -0.464 e. The zero-order valence-corrected chi connectivity index (χ0v) is 15.4. The molecule has 1 heterocycles. The summed E-state index contributed by atoms with van der Waals surface area (Å²) in [5.41, 5.74) is 1.61. The summed E-state index contributed by atoms with van der Waals surface area (Å²) in [6, 6.07) is 5.37. The Labute approximate surface area is 152 Å². The number of hydrogen-bond donors (Lipinski definition) is 2. The molecule has 1 unspecified atom stereocenters. The van der Waals surface area contributed by atoms with Gasteiger partial charge in [-0.25, -0.2) is 4.79 Å². The number of anilines is 1. The zero-order valence-electron chi connectivity index (χ0n) is 15.4. The molecule has 0 aliphatic rings. The van der Waals surface area contributed by atoms with Gasteiger partial charge < -0.3 is 9.15 Å². The van der Waals surface area contributed by atoms with Gasteiger partial charge in [-0.1, -0.05) is 6.92 Å². The van der Waals surface area contributed by atoms with Crippen molar-refractivity contribution in [2.75, 3.05) is 5.32 Å². The van der Waals surface area contributed by atoms with E-state index in [0.717, 1.165) is 10.9 Å². The highest BCUT2D eigenvalue weighted by molar-refractivity contribution is 5.90. The molecule has 0 aliphatic carbocycles. The van der Waals surface area contributed by atoms with Crippen molar-refractivity contribution in [3.05, 3.63) is 30.0 Å². The quantitative estimate of drug-likeness (QED) is 0.761. The first-order valence-electron chi connectivity index (χ1n) is 8.44. The van der Waals surface area contributed by atoms with Gasteiger partial charge in [0.05, 0.1) is 6.26 Å². The summed E-state index contributed by atoms with van der Waals surface area (Å²) in [4.78, 5) is 33.5. The van der Waals surface area contributed by atoms with Crippen LogP contribution < -0.4 is 10.6 Å². The molecule has 3 amide bonds. The lowest BCUT2D eigenvalue weighted by molar-refractivity contribution is -0.125. The fourth-order valence-electron chi connectivity index (χ4n) is 2.57. The van der Waals surface area contributed by atoms with E-state index < -0.39 is 11.7 Å². The first-order chi connectivity index (χ1) is 12.2. The Balaban J connectivity index is 2.07. The molecule has 0 bridgehead atoms. The fraction of sp³-hybridized carbons (Fsp3) is 0.421. The van der Waals surface area contributed by atoms with Gasteiger partial charge in [0, 0.05) is 29.1 Å². The summed E-state index contributed by atoms with van der Waals surface area (Å²) in [6.45, 7) is 7.38. The van der Waals surface area contributed by atoms with Gasteiger partial charge in [-0.2, -0.15) is 0 Å². The molecule has 26 heavy (non-hydrogen) atoms. The Morgan fingerprint density at radius 3 is 2.69 bits per heavy atom. The van der Waals surface area contributed by atoms with Crippen LogP contribution in [0.15, 0.2) is 28.9 Å². The third kappa shape index (κ3) is 5.34. The molecule has 2 rings (SSSR count). The summed E-state index contributed by atoms with van der Waals surface area (Å²) in [7, 11) is 0. The maximum atomic E-state index is 11.9. The summed E-state index contributed by atoms with van der Waals surface area (Å²) in [5.74, 6) is -0.221. The molecular weight excluding hydrogens is 336 g/mol. The van der Waals surface area contributed by atoms with Crippen molar-refractivity contribution in [2.45, 2.75) is 52.1 Å². The maximum absolute atomic E-state index is 11.9. The fourth-order valence-corrected chi connectivity index (χ4v) is 2.57. The lowest BCUT2D eigenvalue weighted by Gasteiger charge is -2.19. The van der Waals surface area contributed by atoms with Crippen LogP contribution in [-0.2, 0) is 14.3 Å². The molecule has 0 aliphatic heterocycles. The third-order valence-corrected chi connectivity index (χ3v) is 3.81. The minimum atomic E-state index is -0.572. The number of nitrogens with one attached hydrogen (secondary N) is 2. The van der Waals surface area contributed by atoms with E-state index in [-0.39, 0.29) is 18.2 Å². The molecule has 7 nitrogen and oxygen atoms in total. The standard InChI is InChI=1S/C19H24N2O5/c1-12(5-8-17(23)20-11-22)15-10-25-16-9-13(6-7-14(15)16)21-18(24)26-19(2,3)4/h6-7,9-12H,5,8H2,1-4H3,(H,21,24)(H,20,22,23). The number of ether oxygens (including phenoxy) is 1. The zero-order chi connectivity index (χ0) is 19.3. The van der Waals surface area contributed by atoms with E-state index in [4.69, 9.17) is 9.15 Å². The molecule has 0 radical (unpaired) electrons. The number of benzene rings is 1. The lowest BCUT2D eigenvalue weighted by Crippen LogP contribution is -2.27. The van der Waals surface area contributed by atoms with Crippen molar-refractivity contribution >= 4 is 35.1 Å². The topological polar surface area (TPSA) is 97.6 Å². The molecule has 0 spiro atoms. The molecular formula is C19H24N2O5. The Bertz CT molecular complexity index is 804. The molecule has 2 N–H and O–H groups in total. The van der Waals surface area contributed by atoms with Crippen LogP contribution in [0, 0.1) is 0 Å². The van der Waals surface area contributed by atoms with Crippen molar-refractivity contribution < 1.29 is 23.5 Å². The number of fused-ring (bicyclic) bond motifs is 1. The highest BCUT2D eigenvalue weighted by Gasteiger charge is 2.18. The monoisotopic (exact) mass is 360 g/mol. The van der Waals surface area contributed by atoms with E-state index >= 15 is 0 Å². The number of rotatable bonds is 6. The Morgan fingerprint density at radius 1 is 1.31 bits per heavy atom. The van der Waals surface area contributed by atoms with Crippen molar-refractivity contribution in [1.82, 2.24) is 5.32 Å². The normalized spacial score (nSPS) is 12.5. The highest BCUT2D eigenvalue weighted by Crippen LogP contribution is 2.32. The lowest BCUT2D eigenvalue weighted by atomic mass is 9.95. The van der Waals surface area contributed by atoms with Gasteiger partial charge in [-0.3, -0.25) is 20.2 Å². The maximum Gasteiger partial charge on any atom is 0.412 e. The summed E-state index contributed by atoms with van der Waals surface area (Å²) < 4.78 is 10.8. The van der Waals surface area contributed by atoms with Gasteiger partial charge in [-0.15, -0.1) is 0 Å². The Hall–Kier alpha value is -2.83. The SMILES string of the molecule is CC(CCC(=O)NC=O)c1coc2cc(NC(=O)OC(C)(C)C)ccc12. The van der Waals surface area contributed by atoms with Crippen molar-refractivity contribution in [2.24, 2.45) is 0 Å². The first-order valence-corrected chi connectivity index (χ1v) is 8.44. The number of imide groups is 1.